The lowest BCUT2D eigenvalue weighted by molar-refractivity contribution is -0.113. The number of benzene rings is 1. The van der Waals surface area contributed by atoms with Gasteiger partial charge in [-0.2, -0.15) is 5.26 Å². The van der Waals surface area contributed by atoms with Crippen molar-refractivity contribution >= 4 is 51.6 Å². The lowest BCUT2D eigenvalue weighted by Crippen LogP contribution is -2.14. The number of thioether (sulfide) groups is 1. The van der Waals surface area contributed by atoms with E-state index in [2.05, 4.69) is 20.5 Å². The van der Waals surface area contributed by atoms with Gasteiger partial charge < -0.3 is 10.1 Å². The Morgan fingerprint density at radius 3 is 2.77 bits per heavy atom. The Bertz CT molecular complexity index is 1120. The second kappa shape index (κ2) is 9.75. The van der Waals surface area contributed by atoms with Gasteiger partial charge in [0.2, 0.25) is 11.1 Å². The number of ether oxygens (including phenoxy) is 1. The fourth-order valence-corrected chi connectivity index (χ4v) is 4.26. The summed E-state index contributed by atoms with van der Waals surface area (Å²) in [6.45, 7) is 3.58. The SMILES string of the molecule is CCOC(=O)c1sc(NC(=O)CSc2n[nH]c(-c3ccc(Cl)cc3)n2)c(C#N)c1C. The standard InChI is InChI=1S/C19H16ClN5O3S2/c1-3-28-18(27)15-10(2)13(8-21)17(30-15)22-14(26)9-29-19-23-16(24-25-19)11-4-6-12(20)7-5-11/h4-7H,3,9H2,1-2H3,(H,22,26)(H,23,24,25). The maximum Gasteiger partial charge on any atom is 0.348 e. The number of hydrogen-bond donors (Lipinski definition) is 2. The van der Waals surface area contributed by atoms with E-state index in [4.69, 9.17) is 16.3 Å². The predicted octanol–water partition coefficient (Wildman–Crippen LogP) is 4.27. The molecule has 154 valence electrons. The molecule has 0 saturated heterocycles. The van der Waals surface area contributed by atoms with E-state index in [-0.39, 0.29) is 23.8 Å². The molecule has 8 nitrogen and oxygen atoms in total. The number of nitriles is 1. The van der Waals surface area contributed by atoms with E-state index >= 15 is 0 Å². The summed E-state index contributed by atoms with van der Waals surface area (Å²) in [4.78, 5) is 29.0. The van der Waals surface area contributed by atoms with Crippen molar-refractivity contribution < 1.29 is 14.3 Å². The molecule has 0 atom stereocenters. The van der Waals surface area contributed by atoms with Crippen LogP contribution in [0.3, 0.4) is 0 Å². The second-order valence-corrected chi connectivity index (χ2v) is 8.30. The molecule has 3 rings (SSSR count). The number of rotatable bonds is 7. The van der Waals surface area contributed by atoms with Crippen molar-refractivity contribution in [2.45, 2.75) is 19.0 Å². The molecular weight excluding hydrogens is 446 g/mol. The van der Waals surface area contributed by atoms with Gasteiger partial charge in [-0.1, -0.05) is 23.4 Å². The maximum absolute atomic E-state index is 12.4. The van der Waals surface area contributed by atoms with Crippen LogP contribution in [0.15, 0.2) is 29.4 Å². The molecule has 1 amide bonds. The molecule has 0 saturated carbocycles. The van der Waals surface area contributed by atoms with E-state index in [1.807, 2.05) is 18.2 Å². The van der Waals surface area contributed by atoms with Gasteiger partial charge in [0, 0.05) is 10.6 Å². The normalized spacial score (nSPS) is 10.5. The first kappa shape index (κ1) is 21.8. The van der Waals surface area contributed by atoms with Crippen molar-refractivity contribution in [1.29, 1.82) is 5.26 Å². The summed E-state index contributed by atoms with van der Waals surface area (Å²) in [5.74, 6) is -0.254. The van der Waals surface area contributed by atoms with Gasteiger partial charge in [-0.05, 0) is 43.7 Å². The second-order valence-electron chi connectivity index (χ2n) is 5.90. The van der Waals surface area contributed by atoms with E-state index in [1.165, 1.54) is 0 Å². The van der Waals surface area contributed by atoms with Crippen molar-refractivity contribution in [1.82, 2.24) is 15.2 Å². The van der Waals surface area contributed by atoms with Crippen LogP contribution in [0.5, 0.6) is 0 Å². The van der Waals surface area contributed by atoms with Gasteiger partial charge in [-0.3, -0.25) is 9.89 Å². The van der Waals surface area contributed by atoms with Crippen LogP contribution in [0.4, 0.5) is 5.00 Å². The minimum absolute atomic E-state index is 0.0362. The number of esters is 1. The van der Waals surface area contributed by atoms with Crippen LogP contribution in [0, 0.1) is 18.3 Å². The topological polar surface area (TPSA) is 121 Å². The minimum Gasteiger partial charge on any atom is -0.462 e. The minimum atomic E-state index is -0.512. The van der Waals surface area contributed by atoms with E-state index in [9.17, 15) is 14.9 Å². The molecule has 0 aliphatic rings. The lowest BCUT2D eigenvalue weighted by Gasteiger charge is -2.01. The summed E-state index contributed by atoms with van der Waals surface area (Å²) in [7, 11) is 0. The van der Waals surface area contributed by atoms with E-state index < -0.39 is 5.97 Å². The molecule has 0 unspecified atom stereocenters. The van der Waals surface area contributed by atoms with Crippen molar-refractivity contribution in [2.75, 3.05) is 17.7 Å². The van der Waals surface area contributed by atoms with Crippen molar-refractivity contribution in [3.63, 3.8) is 0 Å². The quantitative estimate of drug-likeness (QED) is 0.398. The molecule has 2 N–H and O–H groups in total. The van der Waals surface area contributed by atoms with Crippen LogP contribution in [0.2, 0.25) is 5.02 Å². The third-order valence-electron chi connectivity index (χ3n) is 3.89. The predicted molar refractivity (Wildman–Crippen MR) is 116 cm³/mol. The molecule has 2 aromatic heterocycles. The Balaban J connectivity index is 1.64. The summed E-state index contributed by atoms with van der Waals surface area (Å²) < 4.78 is 5.00. The molecular formula is C19H16ClN5O3S2. The van der Waals surface area contributed by atoms with Crippen molar-refractivity contribution in [2.24, 2.45) is 0 Å². The van der Waals surface area contributed by atoms with E-state index in [1.54, 1.807) is 26.0 Å². The fraction of sp³-hybridized carbons (Fsp3) is 0.211. The highest BCUT2D eigenvalue weighted by molar-refractivity contribution is 7.99. The summed E-state index contributed by atoms with van der Waals surface area (Å²) in [5.41, 5.74) is 1.57. The molecule has 0 aliphatic carbocycles. The van der Waals surface area contributed by atoms with Gasteiger partial charge in [0.15, 0.2) is 5.82 Å². The molecule has 2 heterocycles. The molecule has 0 radical (unpaired) electrons. The number of nitrogens with one attached hydrogen (secondary N) is 2. The van der Waals surface area contributed by atoms with Crippen LogP contribution in [0.1, 0.15) is 27.7 Å². The van der Waals surface area contributed by atoms with Crippen LogP contribution in [-0.4, -0.2) is 39.4 Å². The first-order valence-corrected chi connectivity index (χ1v) is 10.9. The van der Waals surface area contributed by atoms with Crippen LogP contribution in [0.25, 0.3) is 11.4 Å². The number of nitrogens with zero attached hydrogens (tertiary/aromatic N) is 3. The number of aromatic nitrogens is 3. The first-order valence-electron chi connectivity index (χ1n) is 8.74. The highest BCUT2D eigenvalue weighted by Crippen LogP contribution is 2.33. The highest BCUT2D eigenvalue weighted by Gasteiger charge is 2.22. The van der Waals surface area contributed by atoms with Crippen molar-refractivity contribution in [3.05, 3.63) is 45.3 Å². The number of H-pyrrole nitrogens is 1. The summed E-state index contributed by atoms with van der Waals surface area (Å²) in [6.07, 6.45) is 0. The molecule has 0 fully saturated rings. The number of hydrogen-bond acceptors (Lipinski definition) is 8. The molecule has 30 heavy (non-hydrogen) atoms. The van der Waals surface area contributed by atoms with Crippen LogP contribution in [-0.2, 0) is 9.53 Å². The zero-order valence-electron chi connectivity index (χ0n) is 16.0. The Hall–Kier alpha value is -2.87. The number of halogens is 1. The smallest absolute Gasteiger partial charge is 0.348 e. The van der Waals surface area contributed by atoms with Gasteiger partial charge in [-0.15, -0.1) is 16.4 Å². The summed E-state index contributed by atoms with van der Waals surface area (Å²) in [6, 6.07) is 9.15. The monoisotopic (exact) mass is 461 g/mol. The number of carbonyl (C=O) groups is 2. The Morgan fingerprint density at radius 1 is 1.37 bits per heavy atom. The van der Waals surface area contributed by atoms with Crippen LogP contribution >= 0.6 is 34.7 Å². The average molecular weight is 462 g/mol. The number of anilines is 1. The molecule has 0 spiro atoms. The average Bonchev–Trinajstić information content (AvgIpc) is 3.31. The summed E-state index contributed by atoms with van der Waals surface area (Å²) >= 11 is 8.05. The Morgan fingerprint density at radius 2 is 2.10 bits per heavy atom. The zero-order chi connectivity index (χ0) is 21.7. The van der Waals surface area contributed by atoms with E-state index in [0.717, 1.165) is 28.7 Å². The molecule has 0 bridgehead atoms. The zero-order valence-corrected chi connectivity index (χ0v) is 18.4. The third-order valence-corrected chi connectivity index (χ3v) is 6.17. The van der Waals surface area contributed by atoms with E-state index in [0.29, 0.717) is 31.4 Å². The molecule has 3 aromatic rings. The van der Waals surface area contributed by atoms with Gasteiger partial charge in [0.25, 0.3) is 0 Å². The number of aromatic amines is 1. The van der Waals surface area contributed by atoms with Gasteiger partial charge in [0.1, 0.15) is 15.9 Å². The summed E-state index contributed by atoms with van der Waals surface area (Å²) in [5, 5.41) is 20.3. The van der Waals surface area contributed by atoms with Gasteiger partial charge >= 0.3 is 5.97 Å². The first-order chi connectivity index (χ1) is 14.4. The fourth-order valence-electron chi connectivity index (χ4n) is 2.47. The third kappa shape index (κ3) is 4.99. The largest absolute Gasteiger partial charge is 0.462 e. The number of amides is 1. The number of carbonyl (C=O) groups excluding carboxylic acids is 2. The maximum atomic E-state index is 12.4. The highest BCUT2D eigenvalue weighted by atomic mass is 35.5. The van der Waals surface area contributed by atoms with Crippen LogP contribution < -0.4 is 5.32 Å². The van der Waals surface area contributed by atoms with Gasteiger partial charge in [0.05, 0.1) is 17.9 Å². The number of thiophene rings is 1. The Kier molecular flexibility index (Phi) is 7.10. The van der Waals surface area contributed by atoms with Gasteiger partial charge in [-0.25, -0.2) is 9.78 Å². The molecule has 11 heteroatoms. The lowest BCUT2D eigenvalue weighted by atomic mass is 10.2. The molecule has 0 aliphatic heterocycles. The van der Waals surface area contributed by atoms with Crippen molar-refractivity contribution in [3.8, 4) is 17.5 Å². The molecule has 1 aromatic carbocycles. The Labute approximate surface area is 185 Å².